The highest BCUT2D eigenvalue weighted by molar-refractivity contribution is 6.02. The van der Waals surface area contributed by atoms with Gasteiger partial charge in [0.2, 0.25) is 0 Å². The van der Waals surface area contributed by atoms with Crippen LogP contribution >= 0.6 is 0 Å². The molecule has 1 atom stereocenters. The van der Waals surface area contributed by atoms with Crippen LogP contribution in [0.5, 0.6) is 5.75 Å². The molecule has 0 saturated carbocycles. The van der Waals surface area contributed by atoms with E-state index >= 15 is 0 Å². The van der Waals surface area contributed by atoms with E-state index in [0.717, 1.165) is 22.5 Å². The third-order valence-corrected chi connectivity index (χ3v) is 5.60. The Morgan fingerprint density at radius 2 is 1.81 bits per heavy atom. The zero-order valence-electron chi connectivity index (χ0n) is 17.6. The number of phenols is 1. The third-order valence-electron chi connectivity index (χ3n) is 5.60. The molecule has 0 fully saturated rings. The molecule has 0 aliphatic heterocycles. The van der Waals surface area contributed by atoms with E-state index in [1.54, 1.807) is 18.3 Å². The lowest BCUT2D eigenvalue weighted by atomic mass is 10.0. The highest BCUT2D eigenvalue weighted by atomic mass is 19.1. The molecule has 3 heterocycles. The molecule has 0 saturated heterocycles. The van der Waals surface area contributed by atoms with Crippen LogP contribution in [0.15, 0.2) is 67.1 Å². The molecule has 0 amide bonds. The maximum Gasteiger partial charge on any atom is 0.165 e. The fourth-order valence-electron chi connectivity index (χ4n) is 4.10. The monoisotopic (exact) mass is 427 g/mol. The second-order valence-electron chi connectivity index (χ2n) is 7.80. The van der Waals surface area contributed by atoms with Gasteiger partial charge < -0.3 is 20.4 Å². The topological polar surface area (TPSA) is 89.6 Å². The summed E-state index contributed by atoms with van der Waals surface area (Å²) in [6, 6.07) is 16.7. The summed E-state index contributed by atoms with van der Waals surface area (Å²) >= 11 is 0. The van der Waals surface area contributed by atoms with Crippen LogP contribution in [-0.4, -0.2) is 25.0 Å². The van der Waals surface area contributed by atoms with Gasteiger partial charge in [0.05, 0.1) is 11.4 Å². The maximum atomic E-state index is 14.0. The van der Waals surface area contributed by atoms with Gasteiger partial charge in [-0.3, -0.25) is 0 Å². The summed E-state index contributed by atoms with van der Waals surface area (Å²) < 4.78 is 14.0. The molecule has 5 rings (SSSR count). The van der Waals surface area contributed by atoms with Crippen molar-refractivity contribution in [3.05, 3.63) is 84.3 Å². The average Bonchev–Trinajstić information content (AvgIpc) is 3.41. The Balaban J connectivity index is 1.58. The van der Waals surface area contributed by atoms with Gasteiger partial charge in [-0.2, -0.15) is 0 Å². The number of fused-ring (bicyclic) bond motifs is 1. The number of halogens is 1. The molecule has 0 aliphatic rings. The molecule has 7 heteroatoms. The summed E-state index contributed by atoms with van der Waals surface area (Å²) in [6.07, 6.45) is 3.18. The summed E-state index contributed by atoms with van der Waals surface area (Å²) in [7, 11) is 0. The molecule has 160 valence electrons. The van der Waals surface area contributed by atoms with Crippen LogP contribution in [0, 0.1) is 12.7 Å². The lowest BCUT2D eigenvalue weighted by molar-refractivity contribution is 0.434. The van der Waals surface area contributed by atoms with Crippen LogP contribution in [-0.2, 0) is 0 Å². The van der Waals surface area contributed by atoms with Crippen LogP contribution in [0.3, 0.4) is 0 Å². The first-order valence-corrected chi connectivity index (χ1v) is 10.3. The minimum absolute atomic E-state index is 0.110. The van der Waals surface area contributed by atoms with Crippen molar-refractivity contribution in [3.8, 4) is 28.0 Å². The lowest BCUT2D eigenvalue weighted by Gasteiger charge is -2.17. The van der Waals surface area contributed by atoms with Gasteiger partial charge in [-0.15, -0.1) is 0 Å². The number of para-hydroxylation sites is 1. The van der Waals surface area contributed by atoms with Gasteiger partial charge in [-0.25, -0.2) is 14.4 Å². The number of aryl methyl sites for hydroxylation is 1. The van der Waals surface area contributed by atoms with Gasteiger partial charge in [0.25, 0.3) is 0 Å². The quantitative estimate of drug-likeness (QED) is 0.279. The Hall–Kier alpha value is -4.13. The van der Waals surface area contributed by atoms with E-state index in [4.69, 9.17) is 0 Å². The molecule has 6 nitrogen and oxygen atoms in total. The highest BCUT2D eigenvalue weighted by Crippen LogP contribution is 2.39. The smallest absolute Gasteiger partial charge is 0.165 e. The first-order valence-electron chi connectivity index (χ1n) is 10.3. The summed E-state index contributed by atoms with van der Waals surface area (Å²) in [6.45, 7) is 4.08. The predicted octanol–water partition coefficient (Wildman–Crippen LogP) is 5.95. The number of aromatic amines is 2. The number of aromatic nitrogens is 4. The molecule has 0 unspecified atom stereocenters. The highest BCUT2D eigenvalue weighted by Gasteiger charge is 2.20. The normalized spacial score (nSPS) is 12.2. The maximum absolute atomic E-state index is 14.0. The zero-order chi connectivity index (χ0) is 22.2. The van der Waals surface area contributed by atoms with Crippen molar-refractivity contribution < 1.29 is 9.50 Å². The number of nitrogens with zero attached hydrogens (tertiary/aromatic N) is 2. The van der Waals surface area contributed by atoms with E-state index in [1.807, 2.05) is 25.1 Å². The number of nitrogens with one attached hydrogen (secondary N) is 3. The van der Waals surface area contributed by atoms with Crippen molar-refractivity contribution in [2.75, 3.05) is 5.32 Å². The van der Waals surface area contributed by atoms with E-state index in [-0.39, 0.29) is 6.04 Å². The molecule has 2 aromatic carbocycles. The van der Waals surface area contributed by atoms with Crippen LogP contribution in [0.1, 0.15) is 24.4 Å². The van der Waals surface area contributed by atoms with Gasteiger partial charge in [0.1, 0.15) is 17.8 Å². The second-order valence-corrected chi connectivity index (χ2v) is 7.80. The molecule has 5 aromatic rings. The molecule has 0 radical (unpaired) electrons. The molecule has 0 aliphatic carbocycles. The van der Waals surface area contributed by atoms with Crippen molar-refractivity contribution in [2.45, 2.75) is 19.9 Å². The van der Waals surface area contributed by atoms with Gasteiger partial charge in [-0.1, -0.05) is 42.5 Å². The van der Waals surface area contributed by atoms with Crippen LogP contribution in [0.25, 0.3) is 33.3 Å². The Bertz CT molecular complexity index is 1410. The predicted molar refractivity (Wildman–Crippen MR) is 124 cm³/mol. The van der Waals surface area contributed by atoms with Crippen molar-refractivity contribution in [1.82, 2.24) is 19.9 Å². The van der Waals surface area contributed by atoms with Gasteiger partial charge >= 0.3 is 0 Å². The van der Waals surface area contributed by atoms with E-state index in [1.165, 1.54) is 12.4 Å². The summed E-state index contributed by atoms with van der Waals surface area (Å²) in [5.74, 6) is -0.484. The van der Waals surface area contributed by atoms with Crippen molar-refractivity contribution in [2.24, 2.45) is 0 Å². The van der Waals surface area contributed by atoms with Crippen LogP contribution in [0.2, 0.25) is 0 Å². The average molecular weight is 427 g/mol. The zero-order valence-corrected chi connectivity index (χ0v) is 17.6. The molecule has 3 aromatic heterocycles. The van der Waals surface area contributed by atoms with Crippen LogP contribution < -0.4 is 5.32 Å². The van der Waals surface area contributed by atoms with Gasteiger partial charge in [0, 0.05) is 34.3 Å². The minimum Gasteiger partial charge on any atom is -0.504 e. The Labute approximate surface area is 184 Å². The number of H-pyrrole nitrogens is 2. The molecule has 4 N–H and O–H groups in total. The van der Waals surface area contributed by atoms with E-state index in [0.29, 0.717) is 28.0 Å². The van der Waals surface area contributed by atoms with Crippen molar-refractivity contribution in [1.29, 1.82) is 0 Å². The number of phenolic OH excluding ortho intramolecular Hbond substituents is 1. The van der Waals surface area contributed by atoms with E-state index < -0.39 is 11.6 Å². The number of hydrogen-bond donors (Lipinski definition) is 4. The fraction of sp³-hybridized carbons (Fsp3) is 0.120. The van der Waals surface area contributed by atoms with Gasteiger partial charge in [-0.05, 0) is 31.5 Å². The fourth-order valence-corrected chi connectivity index (χ4v) is 4.10. The number of rotatable bonds is 5. The van der Waals surface area contributed by atoms with Gasteiger partial charge in [0.15, 0.2) is 11.6 Å². The summed E-state index contributed by atoms with van der Waals surface area (Å²) in [5.41, 5.74) is 5.93. The first-order chi connectivity index (χ1) is 15.5. The van der Waals surface area contributed by atoms with Crippen molar-refractivity contribution >= 4 is 16.9 Å². The molecular weight excluding hydrogens is 405 g/mol. The number of hydrogen-bond acceptors (Lipinski definition) is 4. The Kier molecular flexibility index (Phi) is 4.86. The van der Waals surface area contributed by atoms with E-state index in [9.17, 15) is 9.50 Å². The minimum atomic E-state index is -0.675. The summed E-state index contributed by atoms with van der Waals surface area (Å²) in [4.78, 5) is 15.3. The second kappa shape index (κ2) is 7.85. The lowest BCUT2D eigenvalue weighted by Crippen LogP contribution is -2.10. The third kappa shape index (κ3) is 3.37. The number of aromatic hydroxyl groups is 1. The van der Waals surface area contributed by atoms with Crippen molar-refractivity contribution in [3.63, 3.8) is 0 Å². The number of benzene rings is 2. The molecular formula is C25H22FN5O. The number of anilines is 1. The molecule has 32 heavy (non-hydrogen) atoms. The van der Waals surface area contributed by atoms with Crippen LogP contribution in [0.4, 0.5) is 10.2 Å². The molecule has 0 spiro atoms. The first kappa shape index (κ1) is 19.8. The SMILES string of the molecule is Cc1cc(-c2ccccc2)c([C@H](C)Nc2ncnc3[nH]cc(-c4cccc(F)c4O)c23)[nH]1. The molecule has 0 bridgehead atoms. The summed E-state index contributed by atoms with van der Waals surface area (Å²) in [5, 5.41) is 14.5. The van der Waals surface area contributed by atoms with E-state index in [2.05, 4.69) is 50.4 Å². The Morgan fingerprint density at radius 1 is 1.00 bits per heavy atom. The largest absolute Gasteiger partial charge is 0.504 e. The standard InChI is InChI=1S/C25H22FN5O/c1-14-11-18(16-7-4-3-5-8-16)22(30-14)15(2)31-25-21-19(12-27-24(21)28-13-29-25)17-9-6-10-20(26)23(17)32/h3-13,15,30,32H,1-2H3,(H2,27,28,29,31)/t15-/m0/s1. The Morgan fingerprint density at radius 3 is 2.62 bits per heavy atom.